The van der Waals surface area contributed by atoms with E-state index in [0.29, 0.717) is 20.6 Å². The quantitative estimate of drug-likeness (QED) is 0.585. The van der Waals surface area contributed by atoms with Crippen molar-refractivity contribution < 1.29 is 23.9 Å². The van der Waals surface area contributed by atoms with Crippen molar-refractivity contribution in [2.24, 2.45) is 4.99 Å². The SMILES string of the molecule is COC(=O)Cn1c(=NC(=O)Cn2nc(C)cc2C)sc2cc(C(=O)OC)ccc21. The van der Waals surface area contributed by atoms with Crippen molar-refractivity contribution in [3.8, 4) is 0 Å². The zero-order valence-electron chi connectivity index (χ0n) is 16.5. The molecule has 0 atom stereocenters. The number of carbonyl (C=O) groups excluding carboxylic acids is 3. The number of aryl methyl sites for hydroxylation is 2. The lowest BCUT2D eigenvalue weighted by Gasteiger charge is -2.04. The first-order valence-corrected chi connectivity index (χ1v) is 9.51. The van der Waals surface area contributed by atoms with E-state index in [1.165, 1.54) is 25.6 Å². The Morgan fingerprint density at radius 3 is 2.48 bits per heavy atom. The molecule has 3 rings (SSSR count). The molecule has 0 saturated carbocycles. The maximum absolute atomic E-state index is 12.5. The number of hydrogen-bond acceptors (Lipinski definition) is 7. The number of nitrogens with zero attached hydrogens (tertiary/aromatic N) is 4. The molecule has 10 heteroatoms. The predicted octanol–water partition coefficient (Wildman–Crippen LogP) is 1.60. The standard InChI is InChI=1S/C19H20N4O5S/c1-11-7-12(2)23(21-11)9-16(24)20-19-22(10-17(25)27-3)14-6-5-13(18(26)28-4)8-15(14)29-19/h5-8H,9-10H2,1-4H3. The second kappa shape index (κ2) is 8.39. The van der Waals surface area contributed by atoms with Gasteiger partial charge in [-0.3, -0.25) is 14.3 Å². The monoisotopic (exact) mass is 416 g/mol. The second-order valence-electron chi connectivity index (χ2n) is 6.31. The van der Waals surface area contributed by atoms with E-state index < -0.39 is 17.8 Å². The summed E-state index contributed by atoms with van der Waals surface area (Å²) in [7, 11) is 2.59. The van der Waals surface area contributed by atoms with Crippen LogP contribution in [-0.4, -0.2) is 46.4 Å². The number of thiazole rings is 1. The van der Waals surface area contributed by atoms with Gasteiger partial charge >= 0.3 is 11.9 Å². The summed E-state index contributed by atoms with van der Waals surface area (Å²) in [6, 6.07) is 6.80. The predicted molar refractivity (Wildman–Crippen MR) is 105 cm³/mol. The van der Waals surface area contributed by atoms with Crippen LogP contribution in [0.25, 0.3) is 10.2 Å². The van der Waals surface area contributed by atoms with Gasteiger partial charge in [0.15, 0.2) is 4.80 Å². The number of amides is 1. The van der Waals surface area contributed by atoms with Crippen LogP contribution in [0.1, 0.15) is 21.7 Å². The lowest BCUT2D eigenvalue weighted by Crippen LogP contribution is -2.23. The molecule has 0 aliphatic heterocycles. The summed E-state index contributed by atoms with van der Waals surface area (Å²) in [5.41, 5.74) is 2.69. The van der Waals surface area contributed by atoms with Gasteiger partial charge in [0.1, 0.15) is 13.1 Å². The number of aromatic nitrogens is 3. The number of hydrogen-bond donors (Lipinski definition) is 0. The largest absolute Gasteiger partial charge is 0.468 e. The number of fused-ring (bicyclic) bond motifs is 1. The molecule has 1 aromatic carbocycles. The van der Waals surface area contributed by atoms with E-state index in [0.717, 1.165) is 11.4 Å². The van der Waals surface area contributed by atoms with E-state index in [4.69, 9.17) is 9.47 Å². The molecule has 29 heavy (non-hydrogen) atoms. The fourth-order valence-electron chi connectivity index (χ4n) is 2.85. The molecule has 9 nitrogen and oxygen atoms in total. The molecule has 2 heterocycles. The molecule has 0 radical (unpaired) electrons. The summed E-state index contributed by atoms with van der Waals surface area (Å²) in [4.78, 5) is 40.7. The Morgan fingerprint density at radius 2 is 1.86 bits per heavy atom. The lowest BCUT2D eigenvalue weighted by atomic mass is 10.2. The minimum Gasteiger partial charge on any atom is -0.468 e. The molecule has 0 spiro atoms. The third kappa shape index (κ3) is 4.43. The van der Waals surface area contributed by atoms with Crippen LogP contribution in [-0.2, 0) is 32.2 Å². The normalized spacial score (nSPS) is 11.7. The zero-order valence-corrected chi connectivity index (χ0v) is 17.3. The fraction of sp³-hybridized carbons (Fsp3) is 0.316. The first-order valence-electron chi connectivity index (χ1n) is 8.69. The van der Waals surface area contributed by atoms with Crippen molar-refractivity contribution >= 4 is 39.4 Å². The Morgan fingerprint density at radius 1 is 1.10 bits per heavy atom. The molecule has 0 unspecified atom stereocenters. The number of methoxy groups -OCH3 is 2. The highest BCUT2D eigenvalue weighted by Crippen LogP contribution is 2.20. The number of benzene rings is 1. The fourth-order valence-corrected chi connectivity index (χ4v) is 3.94. The highest BCUT2D eigenvalue weighted by Gasteiger charge is 2.15. The minimum absolute atomic E-state index is 0.0143. The van der Waals surface area contributed by atoms with E-state index in [1.54, 1.807) is 27.4 Å². The summed E-state index contributed by atoms with van der Waals surface area (Å²) in [5.74, 6) is -1.36. The summed E-state index contributed by atoms with van der Waals surface area (Å²) in [6.07, 6.45) is 0. The van der Waals surface area contributed by atoms with Crippen LogP contribution in [0.15, 0.2) is 29.3 Å². The molecular weight excluding hydrogens is 396 g/mol. The molecule has 0 bridgehead atoms. The molecule has 0 aliphatic carbocycles. The smallest absolute Gasteiger partial charge is 0.337 e. The van der Waals surface area contributed by atoms with Crippen LogP contribution >= 0.6 is 11.3 Å². The van der Waals surface area contributed by atoms with Gasteiger partial charge in [0.2, 0.25) is 0 Å². The molecule has 2 aromatic heterocycles. The van der Waals surface area contributed by atoms with Crippen molar-refractivity contribution in [2.75, 3.05) is 14.2 Å². The molecule has 0 saturated heterocycles. The lowest BCUT2D eigenvalue weighted by molar-refractivity contribution is -0.141. The molecule has 152 valence electrons. The molecule has 0 fully saturated rings. The molecule has 3 aromatic rings. The van der Waals surface area contributed by atoms with Gasteiger partial charge in [-0.15, -0.1) is 0 Å². The Hall–Kier alpha value is -3.27. The summed E-state index contributed by atoms with van der Waals surface area (Å²) in [5, 5.41) is 4.27. The van der Waals surface area contributed by atoms with E-state index in [9.17, 15) is 14.4 Å². The Bertz CT molecular complexity index is 1170. The average Bonchev–Trinajstić information content (AvgIpc) is 3.18. The summed E-state index contributed by atoms with van der Waals surface area (Å²) >= 11 is 1.20. The Labute approximate surface area is 170 Å². The van der Waals surface area contributed by atoms with E-state index in [1.807, 2.05) is 19.9 Å². The third-order valence-corrected chi connectivity index (χ3v) is 5.27. The molecular formula is C19H20N4O5S. The number of esters is 2. The van der Waals surface area contributed by atoms with Crippen LogP contribution in [0.2, 0.25) is 0 Å². The number of ether oxygens (including phenoxy) is 2. The molecule has 1 amide bonds. The number of carbonyl (C=O) groups is 3. The third-order valence-electron chi connectivity index (χ3n) is 4.23. The van der Waals surface area contributed by atoms with Crippen LogP contribution in [0.5, 0.6) is 0 Å². The Kier molecular flexibility index (Phi) is 5.92. The van der Waals surface area contributed by atoms with Crippen LogP contribution in [0, 0.1) is 13.8 Å². The maximum Gasteiger partial charge on any atom is 0.337 e. The first kappa shape index (κ1) is 20.5. The van der Waals surface area contributed by atoms with Crippen LogP contribution < -0.4 is 4.80 Å². The highest BCUT2D eigenvalue weighted by atomic mass is 32.1. The molecule has 0 N–H and O–H groups in total. The molecule has 0 aliphatic rings. The van der Waals surface area contributed by atoms with Crippen molar-refractivity contribution in [1.82, 2.24) is 14.3 Å². The van der Waals surface area contributed by atoms with Gasteiger partial charge in [-0.25, -0.2) is 4.79 Å². The van der Waals surface area contributed by atoms with Crippen molar-refractivity contribution in [2.45, 2.75) is 26.9 Å². The van der Waals surface area contributed by atoms with Gasteiger partial charge in [-0.1, -0.05) is 11.3 Å². The maximum atomic E-state index is 12.5. The minimum atomic E-state index is -0.478. The van der Waals surface area contributed by atoms with Gasteiger partial charge < -0.3 is 14.0 Å². The highest BCUT2D eigenvalue weighted by molar-refractivity contribution is 7.16. The van der Waals surface area contributed by atoms with Gasteiger partial charge in [0.05, 0.1) is 35.7 Å². The van der Waals surface area contributed by atoms with E-state index in [-0.39, 0.29) is 13.1 Å². The van der Waals surface area contributed by atoms with Gasteiger partial charge in [0, 0.05) is 5.69 Å². The Balaban J connectivity index is 2.05. The van der Waals surface area contributed by atoms with Gasteiger partial charge in [0.25, 0.3) is 5.91 Å². The van der Waals surface area contributed by atoms with Crippen LogP contribution in [0.3, 0.4) is 0 Å². The zero-order chi connectivity index (χ0) is 21.1. The first-order chi connectivity index (χ1) is 13.8. The van der Waals surface area contributed by atoms with Crippen molar-refractivity contribution in [1.29, 1.82) is 0 Å². The number of rotatable bonds is 5. The van der Waals surface area contributed by atoms with E-state index >= 15 is 0 Å². The van der Waals surface area contributed by atoms with Gasteiger partial charge in [-0.05, 0) is 38.1 Å². The average molecular weight is 416 g/mol. The van der Waals surface area contributed by atoms with E-state index in [2.05, 4.69) is 10.1 Å². The second-order valence-corrected chi connectivity index (χ2v) is 7.32. The van der Waals surface area contributed by atoms with Crippen molar-refractivity contribution in [3.05, 3.63) is 46.0 Å². The summed E-state index contributed by atoms with van der Waals surface area (Å²) in [6.45, 7) is 3.58. The van der Waals surface area contributed by atoms with Crippen molar-refractivity contribution in [3.63, 3.8) is 0 Å². The van der Waals surface area contributed by atoms with Crippen LogP contribution in [0.4, 0.5) is 0 Å². The summed E-state index contributed by atoms with van der Waals surface area (Å²) < 4.78 is 13.4. The van der Waals surface area contributed by atoms with Gasteiger partial charge in [-0.2, -0.15) is 10.1 Å². The topological polar surface area (TPSA) is 105 Å².